The maximum absolute atomic E-state index is 10.9. The molecule has 112 valence electrons. The summed E-state index contributed by atoms with van der Waals surface area (Å²) in [6.07, 6.45) is 6.18. The minimum Gasteiger partial charge on any atom is -0.385 e. The Kier molecular flexibility index (Phi) is 4.31. The van der Waals surface area contributed by atoms with E-state index < -0.39 is 5.60 Å². The molecule has 1 saturated carbocycles. The number of nitrogen functional groups attached to an aromatic ring is 1. The molecule has 1 aromatic heterocycles. The Bertz CT molecular complexity index is 479. The zero-order valence-electron chi connectivity index (χ0n) is 12.6. The van der Waals surface area contributed by atoms with Gasteiger partial charge in [-0.15, -0.1) is 0 Å². The molecule has 0 unspecified atom stereocenters. The maximum atomic E-state index is 10.9. The lowest BCUT2D eigenvalue weighted by Gasteiger charge is -2.42. The van der Waals surface area contributed by atoms with Crippen LogP contribution in [-0.4, -0.2) is 10.1 Å². The fraction of sp³-hybridized carbons (Fsp3) is 0.688. The SMILES string of the molecule is CCC(C)(C)C1CCC(O)(c2cc(Cl)cnc2N)CC1. The first kappa shape index (κ1) is 15.6. The third-order valence-corrected chi connectivity index (χ3v) is 5.42. The molecule has 0 aromatic carbocycles. The van der Waals surface area contributed by atoms with Gasteiger partial charge in [-0.05, 0) is 43.1 Å². The van der Waals surface area contributed by atoms with E-state index >= 15 is 0 Å². The molecule has 1 fully saturated rings. The van der Waals surface area contributed by atoms with Crippen molar-refractivity contribution in [2.45, 2.75) is 58.5 Å². The van der Waals surface area contributed by atoms with Gasteiger partial charge in [0, 0.05) is 11.8 Å². The van der Waals surface area contributed by atoms with Crippen LogP contribution in [0.5, 0.6) is 0 Å². The number of nitrogens with zero attached hydrogens (tertiary/aromatic N) is 1. The molecule has 0 amide bonds. The Labute approximate surface area is 126 Å². The first-order chi connectivity index (χ1) is 9.28. The standard InChI is InChI=1S/C16H25ClN2O/c1-4-15(2,3)11-5-7-16(20,8-6-11)13-9-12(17)10-19-14(13)18/h9-11,20H,4-8H2,1-3H3,(H2,18,19). The summed E-state index contributed by atoms with van der Waals surface area (Å²) in [5, 5.41) is 11.5. The van der Waals surface area contributed by atoms with Crippen molar-refractivity contribution in [3.05, 3.63) is 22.8 Å². The van der Waals surface area contributed by atoms with Gasteiger partial charge in [0.15, 0.2) is 0 Å². The Morgan fingerprint density at radius 2 is 2.05 bits per heavy atom. The van der Waals surface area contributed by atoms with Crippen LogP contribution in [0.2, 0.25) is 5.02 Å². The Morgan fingerprint density at radius 3 is 2.60 bits per heavy atom. The van der Waals surface area contributed by atoms with Gasteiger partial charge in [0.25, 0.3) is 0 Å². The van der Waals surface area contributed by atoms with Crippen molar-refractivity contribution in [3.63, 3.8) is 0 Å². The number of rotatable bonds is 3. The van der Waals surface area contributed by atoms with Gasteiger partial charge >= 0.3 is 0 Å². The second kappa shape index (κ2) is 5.53. The first-order valence-corrected chi connectivity index (χ1v) is 7.80. The molecule has 1 aromatic rings. The fourth-order valence-electron chi connectivity index (χ4n) is 3.26. The summed E-state index contributed by atoms with van der Waals surface area (Å²) in [5.41, 5.74) is 6.07. The van der Waals surface area contributed by atoms with E-state index in [4.69, 9.17) is 17.3 Å². The molecular weight excluding hydrogens is 272 g/mol. The highest BCUT2D eigenvalue weighted by Crippen LogP contribution is 2.47. The van der Waals surface area contributed by atoms with Crippen LogP contribution in [0.3, 0.4) is 0 Å². The van der Waals surface area contributed by atoms with Crippen molar-refractivity contribution in [1.82, 2.24) is 4.98 Å². The highest BCUT2D eigenvalue weighted by atomic mass is 35.5. The van der Waals surface area contributed by atoms with Crippen molar-refractivity contribution in [2.75, 3.05) is 5.73 Å². The number of pyridine rings is 1. The van der Waals surface area contributed by atoms with E-state index in [0.29, 0.717) is 27.7 Å². The van der Waals surface area contributed by atoms with Crippen LogP contribution >= 0.6 is 11.6 Å². The molecule has 0 bridgehead atoms. The smallest absolute Gasteiger partial charge is 0.129 e. The lowest BCUT2D eigenvalue weighted by molar-refractivity contribution is -0.0324. The van der Waals surface area contributed by atoms with Crippen LogP contribution < -0.4 is 5.73 Å². The van der Waals surface area contributed by atoms with E-state index in [2.05, 4.69) is 25.8 Å². The predicted molar refractivity (Wildman–Crippen MR) is 83.6 cm³/mol. The molecule has 0 spiro atoms. The third-order valence-electron chi connectivity index (χ3n) is 5.22. The molecule has 2 rings (SSSR count). The van der Waals surface area contributed by atoms with E-state index in [9.17, 15) is 5.11 Å². The van der Waals surface area contributed by atoms with Crippen molar-refractivity contribution in [1.29, 1.82) is 0 Å². The largest absolute Gasteiger partial charge is 0.385 e. The summed E-state index contributed by atoms with van der Waals surface area (Å²) >= 11 is 5.99. The minimum absolute atomic E-state index is 0.333. The maximum Gasteiger partial charge on any atom is 0.129 e. The summed E-state index contributed by atoms with van der Waals surface area (Å²) in [6.45, 7) is 6.87. The number of hydrogen-bond acceptors (Lipinski definition) is 3. The Balaban J connectivity index is 2.18. The van der Waals surface area contributed by atoms with E-state index in [1.165, 1.54) is 6.20 Å². The van der Waals surface area contributed by atoms with Gasteiger partial charge in [-0.1, -0.05) is 38.8 Å². The minimum atomic E-state index is -0.873. The van der Waals surface area contributed by atoms with Crippen LogP contribution in [-0.2, 0) is 5.60 Å². The molecule has 0 radical (unpaired) electrons. The highest BCUT2D eigenvalue weighted by Gasteiger charge is 2.40. The molecule has 3 nitrogen and oxygen atoms in total. The summed E-state index contributed by atoms with van der Waals surface area (Å²) < 4.78 is 0. The molecule has 0 aliphatic heterocycles. The summed E-state index contributed by atoms with van der Waals surface area (Å²) in [5.74, 6) is 1.05. The van der Waals surface area contributed by atoms with Gasteiger partial charge in [-0.3, -0.25) is 0 Å². The quantitative estimate of drug-likeness (QED) is 0.881. The van der Waals surface area contributed by atoms with Gasteiger partial charge in [0.1, 0.15) is 5.82 Å². The third kappa shape index (κ3) is 2.94. The average Bonchev–Trinajstić information content (AvgIpc) is 2.42. The number of aliphatic hydroxyl groups is 1. The molecule has 1 aliphatic rings. The highest BCUT2D eigenvalue weighted by molar-refractivity contribution is 6.30. The van der Waals surface area contributed by atoms with Crippen LogP contribution in [0, 0.1) is 11.3 Å². The number of hydrogen-bond donors (Lipinski definition) is 2. The second-order valence-corrected chi connectivity index (χ2v) is 7.17. The topological polar surface area (TPSA) is 59.1 Å². The Morgan fingerprint density at radius 1 is 1.45 bits per heavy atom. The predicted octanol–water partition coefficient (Wildman–Crippen LogP) is 4.13. The number of halogens is 1. The molecule has 0 atom stereocenters. The van der Waals surface area contributed by atoms with Crippen LogP contribution in [0.4, 0.5) is 5.82 Å². The fourth-order valence-corrected chi connectivity index (χ4v) is 3.42. The van der Waals surface area contributed by atoms with Crippen molar-refractivity contribution in [3.8, 4) is 0 Å². The summed E-state index contributed by atoms with van der Waals surface area (Å²) in [4.78, 5) is 4.07. The molecule has 0 saturated heterocycles. The molecule has 20 heavy (non-hydrogen) atoms. The molecule has 1 heterocycles. The lowest BCUT2D eigenvalue weighted by atomic mass is 9.65. The summed E-state index contributed by atoms with van der Waals surface area (Å²) in [7, 11) is 0. The monoisotopic (exact) mass is 296 g/mol. The zero-order chi connectivity index (χ0) is 15.0. The molecular formula is C16H25ClN2O. The van der Waals surface area contributed by atoms with Crippen LogP contribution in [0.25, 0.3) is 0 Å². The van der Waals surface area contributed by atoms with E-state index in [1.807, 2.05) is 0 Å². The number of aromatic nitrogens is 1. The van der Waals surface area contributed by atoms with E-state index in [1.54, 1.807) is 6.07 Å². The van der Waals surface area contributed by atoms with Gasteiger partial charge < -0.3 is 10.8 Å². The first-order valence-electron chi connectivity index (χ1n) is 7.42. The second-order valence-electron chi connectivity index (χ2n) is 6.73. The Hall–Kier alpha value is -0.800. The van der Waals surface area contributed by atoms with Gasteiger partial charge in [0.05, 0.1) is 10.6 Å². The lowest BCUT2D eigenvalue weighted by Crippen LogP contribution is -2.36. The normalized spacial score (nSPS) is 27.6. The molecule has 3 N–H and O–H groups in total. The molecule has 4 heteroatoms. The summed E-state index contributed by atoms with van der Waals surface area (Å²) in [6, 6.07) is 1.76. The van der Waals surface area contributed by atoms with Gasteiger partial charge in [-0.2, -0.15) is 0 Å². The average molecular weight is 297 g/mol. The number of anilines is 1. The van der Waals surface area contributed by atoms with Gasteiger partial charge in [0.2, 0.25) is 0 Å². The number of nitrogens with two attached hydrogens (primary N) is 1. The van der Waals surface area contributed by atoms with E-state index in [0.717, 1.165) is 32.1 Å². The van der Waals surface area contributed by atoms with Crippen LogP contribution in [0.1, 0.15) is 58.4 Å². The molecule has 1 aliphatic carbocycles. The van der Waals surface area contributed by atoms with Crippen molar-refractivity contribution in [2.24, 2.45) is 11.3 Å². The van der Waals surface area contributed by atoms with Crippen LogP contribution in [0.15, 0.2) is 12.3 Å². The van der Waals surface area contributed by atoms with Crippen molar-refractivity contribution >= 4 is 17.4 Å². The van der Waals surface area contributed by atoms with Gasteiger partial charge in [-0.25, -0.2) is 4.98 Å². The van der Waals surface area contributed by atoms with E-state index in [-0.39, 0.29) is 0 Å². The van der Waals surface area contributed by atoms with Crippen molar-refractivity contribution < 1.29 is 5.11 Å². The zero-order valence-corrected chi connectivity index (χ0v) is 13.4.